The highest BCUT2D eigenvalue weighted by atomic mass is 16.2. The second kappa shape index (κ2) is 6.53. The van der Waals surface area contributed by atoms with Gasteiger partial charge in [-0.1, -0.05) is 6.92 Å². The van der Waals surface area contributed by atoms with Crippen LogP contribution in [-0.2, 0) is 14.1 Å². The van der Waals surface area contributed by atoms with Crippen molar-refractivity contribution in [2.75, 3.05) is 18.0 Å². The van der Waals surface area contributed by atoms with Crippen LogP contribution in [-0.4, -0.2) is 22.2 Å². The van der Waals surface area contributed by atoms with Crippen molar-refractivity contribution in [1.82, 2.24) is 9.13 Å². The van der Waals surface area contributed by atoms with Gasteiger partial charge in [-0.2, -0.15) is 10.5 Å². The van der Waals surface area contributed by atoms with Crippen molar-refractivity contribution in [2.24, 2.45) is 20.0 Å². The fourth-order valence-corrected chi connectivity index (χ4v) is 2.82. The molecule has 0 bridgehead atoms. The van der Waals surface area contributed by atoms with Gasteiger partial charge in [-0.3, -0.25) is 13.9 Å². The largest absolute Gasteiger partial charge is 0.357 e. The zero-order chi connectivity index (χ0) is 17.1. The van der Waals surface area contributed by atoms with Crippen molar-refractivity contribution in [3.63, 3.8) is 0 Å². The fourth-order valence-electron chi connectivity index (χ4n) is 2.82. The summed E-state index contributed by atoms with van der Waals surface area (Å²) in [6, 6.07) is 3.53. The molecule has 0 unspecified atom stereocenters. The van der Waals surface area contributed by atoms with Crippen molar-refractivity contribution in [1.29, 1.82) is 10.5 Å². The Hall–Kier alpha value is -2.80. The Morgan fingerprint density at radius 2 is 1.70 bits per heavy atom. The third kappa shape index (κ3) is 3.04. The maximum Gasteiger partial charge on any atom is 0.332 e. The van der Waals surface area contributed by atoms with E-state index in [-0.39, 0.29) is 11.1 Å². The van der Waals surface area contributed by atoms with Gasteiger partial charge in [0.05, 0.1) is 5.56 Å². The number of allylic oxidation sites excluding steroid dienone is 1. The predicted molar refractivity (Wildman–Crippen MR) is 86.7 cm³/mol. The average Bonchev–Trinajstić information content (AvgIpc) is 2.56. The average molecular weight is 313 g/mol. The van der Waals surface area contributed by atoms with Gasteiger partial charge in [0.15, 0.2) is 0 Å². The molecule has 0 radical (unpaired) electrons. The van der Waals surface area contributed by atoms with Crippen LogP contribution in [0.15, 0.2) is 15.2 Å². The monoisotopic (exact) mass is 313 g/mol. The van der Waals surface area contributed by atoms with E-state index >= 15 is 0 Å². The molecule has 1 saturated heterocycles. The smallest absolute Gasteiger partial charge is 0.332 e. The van der Waals surface area contributed by atoms with Gasteiger partial charge in [0.25, 0.3) is 5.56 Å². The van der Waals surface area contributed by atoms with Crippen LogP contribution >= 0.6 is 0 Å². The van der Waals surface area contributed by atoms with E-state index in [2.05, 4.69) is 6.92 Å². The van der Waals surface area contributed by atoms with Crippen molar-refractivity contribution in [3.8, 4) is 12.1 Å². The number of aromatic nitrogens is 2. The molecule has 23 heavy (non-hydrogen) atoms. The van der Waals surface area contributed by atoms with Crippen LogP contribution in [0.5, 0.6) is 0 Å². The van der Waals surface area contributed by atoms with E-state index in [0.717, 1.165) is 30.5 Å². The Bertz CT molecular complexity index is 823. The van der Waals surface area contributed by atoms with Gasteiger partial charge in [-0.25, -0.2) is 4.79 Å². The Labute approximate surface area is 134 Å². The molecule has 0 amide bonds. The van der Waals surface area contributed by atoms with Crippen molar-refractivity contribution >= 4 is 11.9 Å². The molecule has 1 aromatic rings. The first-order valence-corrected chi connectivity index (χ1v) is 7.47. The van der Waals surface area contributed by atoms with E-state index in [1.54, 1.807) is 19.2 Å². The van der Waals surface area contributed by atoms with Crippen molar-refractivity contribution in [3.05, 3.63) is 32.0 Å². The fraction of sp³-hybridized carbons (Fsp3) is 0.500. The number of nitrogens with zero attached hydrogens (tertiary/aromatic N) is 5. The lowest BCUT2D eigenvalue weighted by atomic mass is 9.99. The summed E-state index contributed by atoms with van der Waals surface area (Å²) in [7, 11) is 2.99. The molecule has 120 valence electrons. The summed E-state index contributed by atoms with van der Waals surface area (Å²) in [6.07, 6.45) is 3.21. The van der Waals surface area contributed by atoms with Crippen LogP contribution in [0.3, 0.4) is 0 Å². The standard InChI is InChI=1S/C16H19N5O2/c1-11-4-6-21(7-5-11)14-13(8-12(9-17)10-18)15(22)20(3)16(23)19(14)2/h8,11H,4-7H2,1-3H3. The van der Waals surface area contributed by atoms with Crippen molar-refractivity contribution < 1.29 is 0 Å². The first-order valence-electron chi connectivity index (χ1n) is 7.47. The molecule has 1 aromatic heterocycles. The van der Waals surface area contributed by atoms with Gasteiger partial charge < -0.3 is 4.90 Å². The van der Waals surface area contributed by atoms with Crippen LogP contribution in [0.4, 0.5) is 5.82 Å². The first-order chi connectivity index (χ1) is 10.9. The third-order valence-corrected chi connectivity index (χ3v) is 4.28. The molecular weight excluding hydrogens is 294 g/mol. The lowest BCUT2D eigenvalue weighted by Crippen LogP contribution is -2.44. The van der Waals surface area contributed by atoms with Gasteiger partial charge in [0, 0.05) is 27.2 Å². The molecule has 0 atom stereocenters. The predicted octanol–water partition coefficient (Wildman–Crippen LogP) is 0.751. The molecule has 0 aliphatic carbocycles. The molecule has 1 aliphatic heterocycles. The van der Waals surface area contributed by atoms with Crippen molar-refractivity contribution in [2.45, 2.75) is 19.8 Å². The number of rotatable bonds is 2. The van der Waals surface area contributed by atoms with Gasteiger partial charge in [-0.05, 0) is 24.8 Å². The quantitative estimate of drug-likeness (QED) is 0.751. The maximum absolute atomic E-state index is 12.5. The maximum atomic E-state index is 12.5. The summed E-state index contributed by atoms with van der Waals surface area (Å²) in [5, 5.41) is 18.0. The summed E-state index contributed by atoms with van der Waals surface area (Å²) in [6.45, 7) is 3.64. The normalized spacial score (nSPS) is 14.9. The SMILES string of the molecule is CC1CCN(c2c(C=C(C#N)C#N)c(=O)n(C)c(=O)n2C)CC1. The summed E-state index contributed by atoms with van der Waals surface area (Å²) >= 11 is 0. The summed E-state index contributed by atoms with van der Waals surface area (Å²) in [4.78, 5) is 26.7. The molecule has 2 rings (SSSR count). The minimum atomic E-state index is -0.496. The molecule has 0 spiro atoms. The zero-order valence-corrected chi connectivity index (χ0v) is 13.5. The molecule has 2 heterocycles. The van der Waals surface area contributed by atoms with E-state index < -0.39 is 11.2 Å². The number of anilines is 1. The molecule has 0 N–H and O–H groups in total. The number of hydrogen-bond donors (Lipinski definition) is 0. The highest BCUT2D eigenvalue weighted by Crippen LogP contribution is 2.24. The van der Waals surface area contributed by atoms with E-state index in [4.69, 9.17) is 10.5 Å². The van der Waals surface area contributed by atoms with E-state index in [1.165, 1.54) is 17.7 Å². The molecule has 0 saturated carbocycles. The van der Waals surface area contributed by atoms with Crippen LogP contribution in [0, 0.1) is 28.6 Å². The van der Waals surface area contributed by atoms with Crippen LogP contribution in [0.1, 0.15) is 25.3 Å². The Morgan fingerprint density at radius 3 is 2.22 bits per heavy atom. The van der Waals surface area contributed by atoms with Crippen LogP contribution in [0.2, 0.25) is 0 Å². The topological polar surface area (TPSA) is 94.8 Å². The lowest BCUT2D eigenvalue weighted by molar-refractivity contribution is 0.432. The van der Waals surface area contributed by atoms with Gasteiger partial charge in [-0.15, -0.1) is 0 Å². The van der Waals surface area contributed by atoms with Gasteiger partial charge in [0.1, 0.15) is 23.5 Å². The zero-order valence-electron chi connectivity index (χ0n) is 13.5. The second-order valence-electron chi connectivity index (χ2n) is 5.89. The Balaban J connectivity index is 2.72. The summed E-state index contributed by atoms with van der Waals surface area (Å²) in [5.41, 5.74) is -0.865. The molecule has 7 nitrogen and oxygen atoms in total. The van der Waals surface area contributed by atoms with Gasteiger partial charge in [0.2, 0.25) is 0 Å². The number of hydrogen-bond acceptors (Lipinski definition) is 5. The number of nitriles is 2. The molecule has 1 fully saturated rings. The van der Waals surface area contributed by atoms with Crippen LogP contribution in [0.25, 0.3) is 6.08 Å². The summed E-state index contributed by atoms with van der Waals surface area (Å²) < 4.78 is 2.41. The van der Waals surface area contributed by atoms with Crippen LogP contribution < -0.4 is 16.1 Å². The molecule has 1 aliphatic rings. The third-order valence-electron chi connectivity index (χ3n) is 4.28. The minimum Gasteiger partial charge on any atom is -0.357 e. The lowest BCUT2D eigenvalue weighted by Gasteiger charge is -2.34. The molecular formula is C16H19N5O2. The van der Waals surface area contributed by atoms with Gasteiger partial charge >= 0.3 is 5.69 Å². The van der Waals surface area contributed by atoms with E-state index in [0.29, 0.717) is 11.7 Å². The highest BCUT2D eigenvalue weighted by Gasteiger charge is 2.23. The summed E-state index contributed by atoms with van der Waals surface area (Å²) in [5.74, 6) is 1.08. The minimum absolute atomic E-state index is 0.160. The first kappa shape index (κ1) is 16.6. The van der Waals surface area contributed by atoms with E-state index in [1.807, 2.05) is 4.90 Å². The molecule has 0 aromatic carbocycles. The molecule has 7 heteroatoms. The Kier molecular flexibility index (Phi) is 4.71. The second-order valence-corrected chi connectivity index (χ2v) is 5.89. The van der Waals surface area contributed by atoms with E-state index in [9.17, 15) is 9.59 Å². The Morgan fingerprint density at radius 1 is 1.13 bits per heavy atom. The highest BCUT2D eigenvalue weighted by molar-refractivity contribution is 5.70. The number of piperidine rings is 1.